The highest BCUT2D eigenvalue weighted by molar-refractivity contribution is 6.48. The molecule has 0 spiro atoms. The van der Waals surface area contributed by atoms with Crippen molar-refractivity contribution in [2.24, 2.45) is 0 Å². The van der Waals surface area contributed by atoms with Crippen LogP contribution in [0.3, 0.4) is 0 Å². The van der Waals surface area contributed by atoms with E-state index in [1.165, 1.54) is 0 Å². The highest BCUT2D eigenvalue weighted by Gasteiger charge is 2.55. The van der Waals surface area contributed by atoms with Crippen LogP contribution in [-0.2, 0) is 14.1 Å². The van der Waals surface area contributed by atoms with E-state index in [0.29, 0.717) is 12.1 Å². The molecule has 0 aromatic heterocycles. The second kappa shape index (κ2) is 5.83. The van der Waals surface area contributed by atoms with Gasteiger partial charge >= 0.3 is 13.1 Å². The van der Waals surface area contributed by atoms with Crippen LogP contribution in [-0.4, -0.2) is 29.4 Å². The zero-order chi connectivity index (χ0) is 17.6. The number of carboxylic acids is 1. The van der Waals surface area contributed by atoms with Gasteiger partial charge in [0.1, 0.15) is 17.5 Å². The molecule has 0 aliphatic carbocycles. The minimum absolute atomic E-state index is 0.512. The van der Waals surface area contributed by atoms with Crippen LogP contribution in [0.4, 0.5) is 13.2 Å². The van der Waals surface area contributed by atoms with Crippen molar-refractivity contribution in [3.05, 3.63) is 35.1 Å². The van der Waals surface area contributed by atoms with Crippen molar-refractivity contribution in [1.82, 2.24) is 0 Å². The van der Waals surface area contributed by atoms with Crippen LogP contribution in [0.5, 0.6) is 0 Å². The van der Waals surface area contributed by atoms with Crippen LogP contribution in [0.1, 0.15) is 45.5 Å². The highest BCUT2D eigenvalue weighted by Crippen LogP contribution is 2.42. The third kappa shape index (κ3) is 3.38. The predicted octanol–water partition coefficient (Wildman–Crippen LogP) is 3.29. The first-order valence-electron chi connectivity index (χ1n) is 7.16. The third-order valence-electron chi connectivity index (χ3n) is 4.41. The lowest BCUT2D eigenvalue weighted by molar-refractivity contribution is -0.137. The summed E-state index contributed by atoms with van der Waals surface area (Å²) in [6.45, 7) is 6.95. The maximum Gasteiger partial charge on any atom is 0.466 e. The summed E-state index contributed by atoms with van der Waals surface area (Å²) in [5.41, 5.74) is -2.13. The maximum absolute atomic E-state index is 14.1. The quantitative estimate of drug-likeness (QED) is 0.861. The Bertz CT molecular complexity index is 594. The molecule has 1 saturated heterocycles. The summed E-state index contributed by atoms with van der Waals surface area (Å²) >= 11 is 0. The lowest BCUT2D eigenvalue weighted by Crippen LogP contribution is -2.41. The van der Waals surface area contributed by atoms with Gasteiger partial charge in [-0.3, -0.25) is 4.79 Å². The Morgan fingerprint density at radius 2 is 1.57 bits per heavy atom. The minimum atomic E-state index is -1.27. The maximum atomic E-state index is 14.1. The molecule has 1 heterocycles. The molecule has 126 valence electrons. The fourth-order valence-corrected chi connectivity index (χ4v) is 2.48. The van der Waals surface area contributed by atoms with Gasteiger partial charge in [-0.25, -0.2) is 13.2 Å². The van der Waals surface area contributed by atoms with Crippen molar-refractivity contribution in [3.63, 3.8) is 0 Å². The number of halogens is 3. The molecule has 1 atom stereocenters. The first-order valence-corrected chi connectivity index (χ1v) is 7.16. The molecule has 23 heavy (non-hydrogen) atoms. The zero-order valence-corrected chi connectivity index (χ0v) is 13.3. The lowest BCUT2D eigenvalue weighted by Gasteiger charge is -2.32. The van der Waals surface area contributed by atoms with Gasteiger partial charge in [-0.15, -0.1) is 0 Å². The Kier molecular flexibility index (Phi) is 4.52. The van der Waals surface area contributed by atoms with E-state index in [1.54, 1.807) is 27.7 Å². The molecule has 8 heteroatoms. The molecule has 1 N–H and O–H groups in total. The van der Waals surface area contributed by atoms with Crippen LogP contribution in [0.15, 0.2) is 12.1 Å². The van der Waals surface area contributed by atoms with Gasteiger partial charge < -0.3 is 14.4 Å². The summed E-state index contributed by atoms with van der Waals surface area (Å²) in [7, 11) is -1.16. The Morgan fingerprint density at radius 3 is 1.96 bits per heavy atom. The SMILES string of the molecule is CC1(C)OB(C(CC(=O)O)c2c(F)cc(F)cc2F)OC1(C)C. The number of benzene rings is 1. The van der Waals surface area contributed by atoms with Gasteiger partial charge in [0, 0.05) is 23.5 Å². The van der Waals surface area contributed by atoms with E-state index in [-0.39, 0.29) is 0 Å². The fraction of sp³-hybridized carbons (Fsp3) is 0.533. The van der Waals surface area contributed by atoms with E-state index >= 15 is 0 Å². The second-order valence-corrected chi connectivity index (χ2v) is 6.61. The van der Waals surface area contributed by atoms with E-state index < -0.39 is 59.5 Å². The largest absolute Gasteiger partial charge is 0.481 e. The second-order valence-electron chi connectivity index (χ2n) is 6.61. The van der Waals surface area contributed by atoms with Crippen LogP contribution in [0, 0.1) is 17.5 Å². The number of aliphatic carboxylic acids is 1. The van der Waals surface area contributed by atoms with Crippen molar-refractivity contribution in [2.75, 3.05) is 0 Å². The van der Waals surface area contributed by atoms with Crippen molar-refractivity contribution in [2.45, 2.75) is 51.1 Å². The molecular weight excluding hydrogens is 312 g/mol. The Morgan fingerprint density at radius 1 is 1.13 bits per heavy atom. The van der Waals surface area contributed by atoms with Gasteiger partial charge in [0.25, 0.3) is 0 Å². The molecule has 1 aliphatic rings. The van der Waals surface area contributed by atoms with Gasteiger partial charge in [-0.1, -0.05) is 0 Å². The Labute approximate surface area is 132 Å². The van der Waals surface area contributed by atoms with Gasteiger partial charge in [0.2, 0.25) is 0 Å². The van der Waals surface area contributed by atoms with Crippen LogP contribution >= 0.6 is 0 Å². The summed E-state index contributed by atoms with van der Waals surface area (Å²) < 4.78 is 52.6. The van der Waals surface area contributed by atoms with Crippen LogP contribution < -0.4 is 0 Å². The Balaban J connectivity index is 2.46. The van der Waals surface area contributed by atoms with Crippen molar-refractivity contribution in [3.8, 4) is 0 Å². The summed E-state index contributed by atoms with van der Waals surface area (Å²) in [4.78, 5) is 11.1. The number of hydrogen-bond donors (Lipinski definition) is 1. The molecule has 4 nitrogen and oxygen atoms in total. The van der Waals surface area contributed by atoms with Crippen molar-refractivity contribution < 1.29 is 32.4 Å². The third-order valence-corrected chi connectivity index (χ3v) is 4.41. The molecule has 1 aromatic carbocycles. The minimum Gasteiger partial charge on any atom is -0.481 e. The summed E-state index contributed by atoms with van der Waals surface area (Å²) in [6.07, 6.45) is -0.615. The van der Waals surface area contributed by atoms with Gasteiger partial charge in [-0.05, 0) is 27.7 Å². The molecule has 1 unspecified atom stereocenters. The van der Waals surface area contributed by atoms with Crippen LogP contribution in [0.2, 0.25) is 0 Å². The first-order chi connectivity index (χ1) is 10.4. The first kappa shape index (κ1) is 17.8. The van der Waals surface area contributed by atoms with Gasteiger partial charge in [-0.2, -0.15) is 0 Å². The fourth-order valence-electron chi connectivity index (χ4n) is 2.48. The molecule has 0 radical (unpaired) electrons. The Hall–Kier alpha value is -1.54. The summed E-state index contributed by atoms with van der Waals surface area (Å²) in [5, 5.41) is 9.07. The van der Waals surface area contributed by atoms with E-state index in [2.05, 4.69) is 0 Å². The number of rotatable bonds is 4. The number of carbonyl (C=O) groups is 1. The average molecular weight is 330 g/mol. The molecule has 0 amide bonds. The summed E-state index contributed by atoms with van der Waals surface area (Å²) in [6, 6.07) is 1.02. The number of hydrogen-bond acceptors (Lipinski definition) is 3. The molecule has 1 fully saturated rings. The van der Waals surface area contributed by atoms with Crippen molar-refractivity contribution >= 4 is 13.1 Å². The van der Waals surface area contributed by atoms with E-state index in [9.17, 15) is 18.0 Å². The van der Waals surface area contributed by atoms with Crippen molar-refractivity contribution in [1.29, 1.82) is 0 Å². The molecule has 0 bridgehead atoms. The molecular formula is C15H18BF3O4. The number of carboxylic acid groups (broad SMARTS) is 1. The smallest absolute Gasteiger partial charge is 0.466 e. The molecule has 0 saturated carbocycles. The monoisotopic (exact) mass is 330 g/mol. The van der Waals surface area contributed by atoms with E-state index in [4.69, 9.17) is 14.4 Å². The predicted molar refractivity (Wildman–Crippen MR) is 77.4 cm³/mol. The lowest BCUT2D eigenvalue weighted by atomic mass is 9.66. The zero-order valence-electron chi connectivity index (χ0n) is 13.3. The van der Waals surface area contributed by atoms with E-state index in [0.717, 1.165) is 0 Å². The van der Waals surface area contributed by atoms with E-state index in [1.807, 2.05) is 0 Å². The standard InChI is InChI=1S/C15H18BF3O4/c1-14(2)15(3,4)23-16(22-14)9(7-12(20)21)13-10(18)5-8(17)6-11(13)19/h5-6,9H,7H2,1-4H3,(H,20,21). The highest BCUT2D eigenvalue weighted by atomic mass is 19.1. The average Bonchev–Trinajstić information content (AvgIpc) is 2.55. The summed E-state index contributed by atoms with van der Waals surface area (Å²) in [5.74, 6) is -5.92. The van der Waals surface area contributed by atoms with Gasteiger partial charge in [0.05, 0.1) is 17.6 Å². The van der Waals surface area contributed by atoms with Crippen LogP contribution in [0.25, 0.3) is 0 Å². The normalized spacial score (nSPS) is 20.6. The topological polar surface area (TPSA) is 55.8 Å². The molecule has 1 aromatic rings. The molecule has 2 rings (SSSR count). The molecule has 1 aliphatic heterocycles. The van der Waals surface area contributed by atoms with Gasteiger partial charge in [0.15, 0.2) is 0 Å².